The van der Waals surface area contributed by atoms with Crippen molar-refractivity contribution in [2.75, 3.05) is 6.54 Å². The standard InChI is InChI=1S/C18H20FNO2/c1-11-8-12(2)17(13(3)9-11)18(22)20-10-16(21)14-4-6-15(19)7-5-14/h4-9,16,21H,10H2,1-3H3,(H,20,22). The van der Waals surface area contributed by atoms with Crippen LogP contribution in [-0.2, 0) is 0 Å². The Hall–Kier alpha value is -2.20. The number of aliphatic hydroxyl groups excluding tert-OH is 1. The lowest BCUT2D eigenvalue weighted by Crippen LogP contribution is -2.29. The molecular formula is C18H20FNO2. The summed E-state index contributed by atoms with van der Waals surface area (Å²) in [5.74, 6) is -0.568. The minimum atomic E-state index is -0.865. The topological polar surface area (TPSA) is 49.3 Å². The Balaban J connectivity index is 2.05. The second kappa shape index (κ2) is 6.71. The Morgan fingerprint density at radius 1 is 1.14 bits per heavy atom. The number of amides is 1. The average Bonchev–Trinajstić information content (AvgIpc) is 2.44. The van der Waals surface area contributed by atoms with Crippen molar-refractivity contribution in [3.8, 4) is 0 Å². The van der Waals surface area contributed by atoms with Gasteiger partial charge in [0, 0.05) is 12.1 Å². The average molecular weight is 301 g/mol. The van der Waals surface area contributed by atoms with Crippen molar-refractivity contribution in [2.24, 2.45) is 0 Å². The fourth-order valence-corrected chi connectivity index (χ4v) is 2.62. The molecule has 0 fully saturated rings. The minimum Gasteiger partial charge on any atom is -0.387 e. The number of aryl methyl sites for hydroxylation is 3. The molecule has 2 rings (SSSR count). The van der Waals surface area contributed by atoms with Crippen molar-refractivity contribution in [1.82, 2.24) is 5.32 Å². The maximum absolute atomic E-state index is 12.9. The first-order valence-corrected chi connectivity index (χ1v) is 7.18. The lowest BCUT2D eigenvalue weighted by Gasteiger charge is -2.15. The maximum atomic E-state index is 12.9. The molecule has 0 aromatic heterocycles. The third-order valence-electron chi connectivity index (χ3n) is 3.61. The van der Waals surface area contributed by atoms with Crippen LogP contribution in [-0.4, -0.2) is 17.6 Å². The van der Waals surface area contributed by atoms with Crippen LogP contribution >= 0.6 is 0 Å². The first-order chi connectivity index (χ1) is 10.4. The predicted molar refractivity (Wildman–Crippen MR) is 84.3 cm³/mol. The van der Waals surface area contributed by atoms with Crippen LogP contribution in [0.2, 0.25) is 0 Å². The van der Waals surface area contributed by atoms with Crippen molar-refractivity contribution >= 4 is 5.91 Å². The smallest absolute Gasteiger partial charge is 0.251 e. The SMILES string of the molecule is Cc1cc(C)c(C(=O)NCC(O)c2ccc(F)cc2)c(C)c1. The quantitative estimate of drug-likeness (QED) is 0.911. The van der Waals surface area contributed by atoms with Crippen molar-refractivity contribution in [2.45, 2.75) is 26.9 Å². The molecule has 0 aliphatic heterocycles. The number of carbonyl (C=O) groups is 1. The highest BCUT2D eigenvalue weighted by Crippen LogP contribution is 2.17. The number of aliphatic hydroxyl groups is 1. The van der Waals surface area contributed by atoms with E-state index in [0.29, 0.717) is 11.1 Å². The third-order valence-corrected chi connectivity index (χ3v) is 3.61. The molecule has 0 saturated heterocycles. The van der Waals surface area contributed by atoms with Crippen LogP contribution in [0.25, 0.3) is 0 Å². The number of nitrogens with one attached hydrogen (secondary N) is 1. The summed E-state index contributed by atoms with van der Waals surface area (Å²) in [6.07, 6.45) is -0.865. The number of benzene rings is 2. The summed E-state index contributed by atoms with van der Waals surface area (Å²) < 4.78 is 12.9. The van der Waals surface area contributed by atoms with Gasteiger partial charge in [0.25, 0.3) is 5.91 Å². The van der Waals surface area contributed by atoms with Gasteiger partial charge >= 0.3 is 0 Å². The van der Waals surface area contributed by atoms with E-state index >= 15 is 0 Å². The molecule has 0 radical (unpaired) electrons. The zero-order valence-electron chi connectivity index (χ0n) is 13.0. The number of hydrogen-bond acceptors (Lipinski definition) is 2. The molecule has 0 aliphatic carbocycles. The minimum absolute atomic E-state index is 0.0806. The van der Waals surface area contributed by atoms with Gasteiger partial charge in [0.05, 0.1) is 6.10 Å². The largest absolute Gasteiger partial charge is 0.387 e. The fourth-order valence-electron chi connectivity index (χ4n) is 2.62. The molecule has 1 amide bonds. The van der Waals surface area contributed by atoms with Crippen LogP contribution in [0.3, 0.4) is 0 Å². The van der Waals surface area contributed by atoms with Crippen molar-refractivity contribution in [1.29, 1.82) is 0 Å². The van der Waals surface area contributed by atoms with E-state index in [1.165, 1.54) is 24.3 Å². The predicted octanol–water partition coefficient (Wildman–Crippen LogP) is 3.21. The van der Waals surface area contributed by atoms with Crippen molar-refractivity contribution in [3.05, 3.63) is 70.0 Å². The Kier molecular flexibility index (Phi) is 4.93. The summed E-state index contributed by atoms with van der Waals surface area (Å²) in [6.45, 7) is 5.85. The highest BCUT2D eigenvalue weighted by Gasteiger charge is 2.15. The molecule has 0 heterocycles. The van der Waals surface area contributed by atoms with Gasteiger partial charge in [-0.3, -0.25) is 4.79 Å². The van der Waals surface area contributed by atoms with Gasteiger partial charge in [0.1, 0.15) is 5.82 Å². The van der Waals surface area contributed by atoms with E-state index in [1.807, 2.05) is 32.9 Å². The Labute approximate surface area is 129 Å². The zero-order chi connectivity index (χ0) is 16.3. The second-order valence-electron chi connectivity index (χ2n) is 5.55. The number of hydrogen-bond donors (Lipinski definition) is 2. The van der Waals surface area contributed by atoms with Gasteiger partial charge in [-0.1, -0.05) is 29.8 Å². The normalized spacial score (nSPS) is 12.0. The first-order valence-electron chi connectivity index (χ1n) is 7.18. The Bertz CT molecular complexity index is 657. The number of rotatable bonds is 4. The summed E-state index contributed by atoms with van der Waals surface area (Å²) in [7, 11) is 0. The molecule has 1 atom stereocenters. The van der Waals surface area contributed by atoms with Crippen molar-refractivity contribution in [3.63, 3.8) is 0 Å². The summed E-state index contributed by atoms with van der Waals surface area (Å²) in [5.41, 5.74) is 4.13. The number of halogens is 1. The first kappa shape index (κ1) is 16.2. The van der Waals surface area contributed by atoms with Gasteiger partial charge in [-0.05, 0) is 49.6 Å². The molecule has 3 nitrogen and oxygen atoms in total. The lowest BCUT2D eigenvalue weighted by molar-refractivity contribution is 0.0915. The molecule has 2 aromatic rings. The van der Waals surface area contributed by atoms with E-state index in [-0.39, 0.29) is 18.3 Å². The molecule has 1 unspecified atom stereocenters. The van der Waals surface area contributed by atoms with E-state index in [9.17, 15) is 14.3 Å². The molecule has 4 heteroatoms. The summed E-state index contributed by atoms with van der Waals surface area (Å²) in [5, 5.41) is 12.8. The Morgan fingerprint density at radius 2 is 1.68 bits per heavy atom. The molecule has 0 saturated carbocycles. The molecule has 0 bridgehead atoms. The summed E-state index contributed by atoms with van der Waals surface area (Å²) >= 11 is 0. The summed E-state index contributed by atoms with van der Waals surface area (Å²) in [4.78, 5) is 12.3. The highest BCUT2D eigenvalue weighted by molar-refractivity contribution is 5.97. The van der Waals surface area contributed by atoms with Gasteiger partial charge < -0.3 is 10.4 Å². The second-order valence-corrected chi connectivity index (χ2v) is 5.55. The number of carbonyl (C=O) groups excluding carboxylic acids is 1. The van der Waals surface area contributed by atoms with Crippen LogP contribution in [0, 0.1) is 26.6 Å². The van der Waals surface area contributed by atoms with Crippen LogP contribution in [0.15, 0.2) is 36.4 Å². The van der Waals surface area contributed by atoms with Gasteiger partial charge in [0.2, 0.25) is 0 Å². The Morgan fingerprint density at radius 3 is 2.23 bits per heavy atom. The monoisotopic (exact) mass is 301 g/mol. The fraction of sp³-hybridized carbons (Fsp3) is 0.278. The van der Waals surface area contributed by atoms with Crippen LogP contribution in [0.5, 0.6) is 0 Å². The van der Waals surface area contributed by atoms with Gasteiger partial charge in [-0.2, -0.15) is 0 Å². The molecule has 2 N–H and O–H groups in total. The van der Waals surface area contributed by atoms with E-state index in [1.54, 1.807) is 0 Å². The van der Waals surface area contributed by atoms with E-state index < -0.39 is 6.10 Å². The van der Waals surface area contributed by atoms with E-state index in [4.69, 9.17) is 0 Å². The maximum Gasteiger partial charge on any atom is 0.251 e. The zero-order valence-corrected chi connectivity index (χ0v) is 13.0. The molecule has 0 aliphatic rings. The van der Waals surface area contributed by atoms with Crippen molar-refractivity contribution < 1.29 is 14.3 Å². The molecule has 22 heavy (non-hydrogen) atoms. The van der Waals surface area contributed by atoms with Crippen LogP contribution in [0.1, 0.15) is 38.7 Å². The summed E-state index contributed by atoms with van der Waals surface area (Å²) in [6, 6.07) is 9.50. The molecule has 2 aromatic carbocycles. The van der Waals surface area contributed by atoms with Gasteiger partial charge in [0.15, 0.2) is 0 Å². The van der Waals surface area contributed by atoms with E-state index in [2.05, 4.69) is 5.32 Å². The van der Waals surface area contributed by atoms with Crippen LogP contribution < -0.4 is 5.32 Å². The van der Waals surface area contributed by atoms with Crippen LogP contribution in [0.4, 0.5) is 4.39 Å². The van der Waals surface area contributed by atoms with E-state index in [0.717, 1.165) is 16.7 Å². The highest BCUT2D eigenvalue weighted by atomic mass is 19.1. The molecular weight excluding hydrogens is 281 g/mol. The van der Waals surface area contributed by atoms with Gasteiger partial charge in [-0.15, -0.1) is 0 Å². The molecule has 116 valence electrons. The van der Waals surface area contributed by atoms with Gasteiger partial charge in [-0.25, -0.2) is 4.39 Å². The lowest BCUT2D eigenvalue weighted by atomic mass is 9.99. The molecule has 0 spiro atoms. The third kappa shape index (κ3) is 3.71.